The van der Waals surface area contributed by atoms with Crippen LogP contribution < -0.4 is 10.6 Å². The Kier molecular flexibility index (Phi) is 8.48. The van der Waals surface area contributed by atoms with Crippen LogP contribution in [0.3, 0.4) is 0 Å². The number of hydrogen-bond donors (Lipinski definition) is 2. The van der Waals surface area contributed by atoms with Gasteiger partial charge < -0.3 is 15.4 Å². The molecular formula is C20H40ClN3O. The van der Waals surface area contributed by atoms with Crippen LogP contribution in [0.25, 0.3) is 0 Å². The molecule has 2 saturated heterocycles. The predicted molar refractivity (Wildman–Crippen MR) is 108 cm³/mol. The molecule has 3 rings (SSSR count). The van der Waals surface area contributed by atoms with Crippen molar-refractivity contribution in [2.24, 2.45) is 11.8 Å². The lowest BCUT2D eigenvalue weighted by Gasteiger charge is -2.44. The summed E-state index contributed by atoms with van der Waals surface area (Å²) in [6, 6.07) is 1.22. The van der Waals surface area contributed by atoms with Crippen molar-refractivity contribution < 1.29 is 4.74 Å². The molecule has 1 aliphatic carbocycles. The fraction of sp³-hybridized carbons (Fsp3) is 1.00. The van der Waals surface area contributed by atoms with Crippen LogP contribution in [0.2, 0.25) is 0 Å². The number of rotatable bonds is 6. The molecule has 0 aromatic heterocycles. The summed E-state index contributed by atoms with van der Waals surface area (Å²) in [6.07, 6.45) is 8.17. The van der Waals surface area contributed by atoms with Gasteiger partial charge in [0.2, 0.25) is 0 Å². The third-order valence-corrected chi connectivity index (χ3v) is 6.79. The molecule has 0 amide bonds. The Hall–Kier alpha value is 0.130. The third-order valence-electron chi connectivity index (χ3n) is 6.79. The van der Waals surface area contributed by atoms with Crippen molar-refractivity contribution in [3.05, 3.63) is 0 Å². The lowest BCUT2D eigenvalue weighted by atomic mass is 9.90. The van der Waals surface area contributed by atoms with Gasteiger partial charge in [-0.2, -0.15) is 0 Å². The summed E-state index contributed by atoms with van der Waals surface area (Å²) in [7, 11) is 0. The van der Waals surface area contributed by atoms with Gasteiger partial charge in [0.1, 0.15) is 0 Å². The topological polar surface area (TPSA) is 36.5 Å². The summed E-state index contributed by atoms with van der Waals surface area (Å²) >= 11 is 0. The minimum Gasteiger partial charge on any atom is -0.379 e. The van der Waals surface area contributed by atoms with E-state index in [-0.39, 0.29) is 17.9 Å². The molecule has 2 aliphatic heterocycles. The molecule has 0 spiro atoms. The number of likely N-dealkylation sites (tertiary alicyclic amines) is 1. The van der Waals surface area contributed by atoms with Crippen LogP contribution in [-0.2, 0) is 4.74 Å². The first-order valence-corrected chi connectivity index (χ1v) is 10.4. The molecule has 5 heteroatoms. The molecule has 2 N–H and O–H groups in total. The first-order valence-electron chi connectivity index (χ1n) is 10.4. The lowest BCUT2D eigenvalue weighted by Crippen LogP contribution is -2.57. The summed E-state index contributed by atoms with van der Waals surface area (Å²) in [6.45, 7) is 13.7. The van der Waals surface area contributed by atoms with E-state index in [1.165, 1.54) is 51.6 Å². The quantitative estimate of drug-likeness (QED) is 0.750. The van der Waals surface area contributed by atoms with Crippen LogP contribution in [0.1, 0.15) is 59.3 Å². The van der Waals surface area contributed by atoms with E-state index in [9.17, 15) is 0 Å². The number of morpholine rings is 1. The highest BCUT2D eigenvalue weighted by Crippen LogP contribution is 2.31. The second-order valence-electron chi connectivity index (χ2n) is 8.89. The SMILES string of the molecule is CCC1CCCN(C(C)(C)CNC2CCCC2C2COCCN2)C1.Cl. The number of piperidine rings is 1. The van der Waals surface area contributed by atoms with Gasteiger partial charge >= 0.3 is 0 Å². The fourth-order valence-electron chi connectivity index (χ4n) is 5.03. The van der Waals surface area contributed by atoms with Gasteiger partial charge in [-0.1, -0.05) is 19.8 Å². The predicted octanol–water partition coefficient (Wildman–Crippen LogP) is 3.06. The molecule has 0 aromatic carbocycles. The van der Waals surface area contributed by atoms with Crippen molar-refractivity contribution in [2.45, 2.75) is 76.9 Å². The maximum Gasteiger partial charge on any atom is 0.0623 e. The van der Waals surface area contributed by atoms with Crippen molar-refractivity contribution in [2.75, 3.05) is 39.4 Å². The minimum atomic E-state index is 0. The fourth-order valence-corrected chi connectivity index (χ4v) is 5.03. The summed E-state index contributed by atoms with van der Waals surface area (Å²) in [5.41, 5.74) is 0.261. The minimum absolute atomic E-state index is 0. The third kappa shape index (κ3) is 5.55. The Morgan fingerprint density at radius 3 is 2.76 bits per heavy atom. The van der Waals surface area contributed by atoms with Crippen LogP contribution in [-0.4, -0.2) is 61.9 Å². The van der Waals surface area contributed by atoms with E-state index < -0.39 is 0 Å². The summed E-state index contributed by atoms with van der Waals surface area (Å²) in [4.78, 5) is 2.74. The Balaban J connectivity index is 0.00000225. The van der Waals surface area contributed by atoms with E-state index >= 15 is 0 Å². The van der Waals surface area contributed by atoms with Crippen LogP contribution in [0.5, 0.6) is 0 Å². The van der Waals surface area contributed by atoms with Gasteiger partial charge in [0, 0.05) is 37.3 Å². The van der Waals surface area contributed by atoms with Gasteiger partial charge in [0.15, 0.2) is 0 Å². The molecular weight excluding hydrogens is 334 g/mol. The molecule has 148 valence electrons. The summed E-state index contributed by atoms with van der Waals surface area (Å²) < 4.78 is 5.71. The zero-order chi connectivity index (χ0) is 17.0. The maximum atomic E-state index is 5.71. The smallest absolute Gasteiger partial charge is 0.0623 e. The van der Waals surface area contributed by atoms with Gasteiger partial charge in [-0.25, -0.2) is 0 Å². The van der Waals surface area contributed by atoms with Gasteiger partial charge in [0.05, 0.1) is 13.2 Å². The Bertz CT molecular complexity index is 387. The Morgan fingerprint density at radius 2 is 2.04 bits per heavy atom. The molecule has 3 fully saturated rings. The van der Waals surface area contributed by atoms with E-state index in [1.54, 1.807) is 0 Å². The Morgan fingerprint density at radius 1 is 1.20 bits per heavy atom. The van der Waals surface area contributed by atoms with Gasteiger partial charge in [-0.05, 0) is 57.9 Å². The summed E-state index contributed by atoms with van der Waals surface area (Å²) in [5.74, 6) is 1.65. The molecule has 4 unspecified atom stereocenters. The number of nitrogens with zero attached hydrogens (tertiary/aromatic N) is 1. The molecule has 4 atom stereocenters. The molecule has 0 bridgehead atoms. The second-order valence-corrected chi connectivity index (χ2v) is 8.89. The van der Waals surface area contributed by atoms with Crippen molar-refractivity contribution in [1.29, 1.82) is 0 Å². The number of nitrogens with one attached hydrogen (secondary N) is 2. The standard InChI is InChI=1S/C20H39N3O.ClH/c1-4-16-7-6-11-23(13-16)20(2,3)15-22-18-9-5-8-17(18)19-14-24-12-10-21-19;/h16-19,21-22H,4-15H2,1-3H3;1H. The van der Waals surface area contributed by atoms with E-state index in [1.807, 2.05) is 0 Å². The highest BCUT2D eigenvalue weighted by Gasteiger charge is 2.37. The largest absolute Gasteiger partial charge is 0.379 e. The highest BCUT2D eigenvalue weighted by molar-refractivity contribution is 5.85. The average molecular weight is 374 g/mol. The van der Waals surface area contributed by atoms with Crippen molar-refractivity contribution in [3.8, 4) is 0 Å². The van der Waals surface area contributed by atoms with E-state index in [2.05, 4.69) is 36.3 Å². The zero-order valence-corrected chi connectivity index (χ0v) is 17.4. The van der Waals surface area contributed by atoms with Crippen LogP contribution in [0, 0.1) is 11.8 Å². The van der Waals surface area contributed by atoms with Crippen molar-refractivity contribution in [1.82, 2.24) is 15.5 Å². The molecule has 3 aliphatic rings. The van der Waals surface area contributed by atoms with E-state index in [0.717, 1.165) is 38.1 Å². The second kappa shape index (κ2) is 9.89. The average Bonchev–Trinajstić information content (AvgIpc) is 3.09. The van der Waals surface area contributed by atoms with Gasteiger partial charge in [0.25, 0.3) is 0 Å². The van der Waals surface area contributed by atoms with Gasteiger partial charge in [-0.3, -0.25) is 4.90 Å². The van der Waals surface area contributed by atoms with Crippen molar-refractivity contribution >= 4 is 12.4 Å². The highest BCUT2D eigenvalue weighted by atomic mass is 35.5. The first-order chi connectivity index (χ1) is 11.6. The molecule has 0 radical (unpaired) electrons. The zero-order valence-electron chi connectivity index (χ0n) is 16.6. The molecule has 0 aromatic rings. The number of ether oxygens (including phenoxy) is 1. The number of halogens is 1. The van der Waals surface area contributed by atoms with E-state index in [0.29, 0.717) is 12.1 Å². The van der Waals surface area contributed by atoms with E-state index in [4.69, 9.17) is 4.74 Å². The monoisotopic (exact) mass is 373 g/mol. The molecule has 25 heavy (non-hydrogen) atoms. The van der Waals surface area contributed by atoms with Crippen LogP contribution in [0.15, 0.2) is 0 Å². The first kappa shape index (κ1) is 21.4. The maximum absolute atomic E-state index is 5.71. The van der Waals surface area contributed by atoms with Gasteiger partial charge in [-0.15, -0.1) is 12.4 Å². The van der Waals surface area contributed by atoms with Crippen LogP contribution in [0.4, 0.5) is 0 Å². The molecule has 2 heterocycles. The molecule has 1 saturated carbocycles. The van der Waals surface area contributed by atoms with Crippen LogP contribution >= 0.6 is 12.4 Å². The van der Waals surface area contributed by atoms with Crippen molar-refractivity contribution in [3.63, 3.8) is 0 Å². The Labute approximate surface area is 161 Å². The molecule has 4 nitrogen and oxygen atoms in total. The lowest BCUT2D eigenvalue weighted by molar-refractivity contribution is 0.0451. The normalized spacial score (nSPS) is 34.7. The summed E-state index contributed by atoms with van der Waals surface area (Å²) in [5, 5.41) is 7.65. The number of hydrogen-bond acceptors (Lipinski definition) is 4.